The Labute approximate surface area is 131 Å². The van der Waals surface area contributed by atoms with E-state index in [1.54, 1.807) is 19.1 Å². The maximum atomic E-state index is 11.9. The summed E-state index contributed by atoms with van der Waals surface area (Å²) in [5, 5.41) is 3.37. The average Bonchev–Trinajstić information content (AvgIpc) is 2.39. The van der Waals surface area contributed by atoms with Gasteiger partial charge in [-0.3, -0.25) is 0 Å². The van der Waals surface area contributed by atoms with Crippen LogP contribution >= 0.6 is 0 Å². The largest absolute Gasteiger partial charge is 0.493 e. The zero-order valence-electron chi connectivity index (χ0n) is 13.8. The van der Waals surface area contributed by atoms with Crippen molar-refractivity contribution in [3.63, 3.8) is 0 Å². The van der Waals surface area contributed by atoms with E-state index in [4.69, 9.17) is 14.2 Å². The Balaban J connectivity index is 1.86. The smallest absolute Gasteiger partial charge is 0.410 e. The highest BCUT2D eigenvalue weighted by atomic mass is 16.6. The summed E-state index contributed by atoms with van der Waals surface area (Å²) in [6.07, 6.45) is -0.266. The highest BCUT2D eigenvalue weighted by Gasteiger charge is 2.33. The van der Waals surface area contributed by atoms with Gasteiger partial charge in [-0.1, -0.05) is 0 Å². The minimum Gasteiger partial charge on any atom is -0.493 e. The third kappa shape index (κ3) is 3.96. The van der Waals surface area contributed by atoms with E-state index in [2.05, 4.69) is 5.32 Å². The Hall–Kier alpha value is -2.11. The molecular formula is C16H24N2O4. The molecular weight excluding hydrogens is 284 g/mol. The van der Waals surface area contributed by atoms with Crippen LogP contribution in [-0.2, 0) is 4.74 Å². The van der Waals surface area contributed by atoms with Gasteiger partial charge in [0.2, 0.25) is 0 Å². The Morgan fingerprint density at radius 3 is 2.36 bits per heavy atom. The van der Waals surface area contributed by atoms with Crippen LogP contribution in [0.1, 0.15) is 20.8 Å². The molecule has 1 saturated heterocycles. The van der Waals surface area contributed by atoms with E-state index in [1.165, 1.54) is 0 Å². The highest BCUT2D eigenvalue weighted by Crippen LogP contribution is 2.30. The summed E-state index contributed by atoms with van der Waals surface area (Å²) >= 11 is 0. The number of amides is 1. The van der Waals surface area contributed by atoms with Crippen molar-refractivity contribution in [1.29, 1.82) is 0 Å². The third-order valence-corrected chi connectivity index (χ3v) is 3.29. The molecule has 1 N–H and O–H groups in total. The maximum absolute atomic E-state index is 11.9. The van der Waals surface area contributed by atoms with Crippen LogP contribution < -0.4 is 14.8 Å². The van der Waals surface area contributed by atoms with Gasteiger partial charge < -0.3 is 24.4 Å². The van der Waals surface area contributed by atoms with Gasteiger partial charge in [-0.2, -0.15) is 0 Å². The fraction of sp³-hybridized carbons (Fsp3) is 0.562. The van der Waals surface area contributed by atoms with Crippen molar-refractivity contribution in [1.82, 2.24) is 4.90 Å². The third-order valence-electron chi connectivity index (χ3n) is 3.29. The lowest BCUT2D eigenvalue weighted by atomic mass is 10.1. The number of benzene rings is 1. The molecule has 0 atom stereocenters. The number of likely N-dealkylation sites (tertiary alicyclic amines) is 1. The van der Waals surface area contributed by atoms with Crippen molar-refractivity contribution in [2.45, 2.75) is 32.4 Å². The Morgan fingerprint density at radius 2 is 1.82 bits per heavy atom. The summed E-state index contributed by atoms with van der Waals surface area (Å²) in [5.74, 6) is 1.37. The number of hydrogen-bond acceptors (Lipinski definition) is 5. The summed E-state index contributed by atoms with van der Waals surface area (Å²) in [5.41, 5.74) is 0.477. The molecule has 6 nitrogen and oxygen atoms in total. The van der Waals surface area contributed by atoms with Crippen LogP contribution in [0.15, 0.2) is 18.2 Å². The van der Waals surface area contributed by atoms with Gasteiger partial charge in [-0.25, -0.2) is 4.79 Å². The normalized spacial score (nSPS) is 15.0. The molecule has 0 aromatic heterocycles. The van der Waals surface area contributed by atoms with Crippen LogP contribution in [0.25, 0.3) is 0 Å². The first-order chi connectivity index (χ1) is 10.3. The van der Waals surface area contributed by atoms with Crippen molar-refractivity contribution in [3.05, 3.63) is 18.2 Å². The Bertz CT molecular complexity index is 533. The summed E-state index contributed by atoms with van der Waals surface area (Å²) in [7, 11) is 3.21. The summed E-state index contributed by atoms with van der Waals surface area (Å²) in [6, 6.07) is 5.88. The quantitative estimate of drug-likeness (QED) is 0.927. The lowest BCUT2D eigenvalue weighted by molar-refractivity contribution is 0.0105. The molecule has 22 heavy (non-hydrogen) atoms. The molecule has 0 bridgehead atoms. The first-order valence-corrected chi connectivity index (χ1v) is 7.29. The van der Waals surface area contributed by atoms with Gasteiger partial charge in [0, 0.05) is 24.8 Å². The molecule has 1 aromatic carbocycles. The minimum atomic E-state index is -0.459. The summed E-state index contributed by atoms with van der Waals surface area (Å²) in [6.45, 7) is 6.85. The fourth-order valence-electron chi connectivity index (χ4n) is 2.21. The Kier molecular flexibility index (Phi) is 4.68. The predicted octanol–water partition coefficient (Wildman–Crippen LogP) is 2.74. The zero-order valence-corrected chi connectivity index (χ0v) is 13.8. The van der Waals surface area contributed by atoms with Gasteiger partial charge in [0.1, 0.15) is 5.60 Å². The number of carbonyl (C=O) groups excluding carboxylic acids is 1. The lowest BCUT2D eigenvalue weighted by Crippen LogP contribution is -2.57. The summed E-state index contributed by atoms with van der Waals surface area (Å²) in [4.78, 5) is 13.5. The first kappa shape index (κ1) is 16.3. The SMILES string of the molecule is COc1ccc(NC2CN(C(=O)OC(C)(C)C)C2)cc1OC. The second kappa shape index (κ2) is 6.34. The number of methoxy groups -OCH3 is 2. The molecule has 0 radical (unpaired) electrons. The van der Waals surface area contributed by atoms with Gasteiger partial charge in [-0.05, 0) is 32.9 Å². The molecule has 0 saturated carbocycles. The van der Waals surface area contributed by atoms with Crippen LogP contribution in [0.3, 0.4) is 0 Å². The molecule has 1 aliphatic rings. The molecule has 1 aliphatic heterocycles. The number of ether oxygens (including phenoxy) is 3. The molecule has 1 aromatic rings. The van der Waals surface area contributed by atoms with Crippen LogP contribution in [0.2, 0.25) is 0 Å². The van der Waals surface area contributed by atoms with E-state index in [9.17, 15) is 4.79 Å². The number of carbonyl (C=O) groups is 1. The van der Waals surface area contributed by atoms with Crippen LogP contribution in [0.5, 0.6) is 11.5 Å². The van der Waals surface area contributed by atoms with E-state index in [0.29, 0.717) is 24.6 Å². The van der Waals surface area contributed by atoms with Gasteiger partial charge in [0.15, 0.2) is 11.5 Å². The molecule has 0 aliphatic carbocycles. The van der Waals surface area contributed by atoms with E-state index < -0.39 is 5.60 Å². The topological polar surface area (TPSA) is 60.0 Å². The van der Waals surface area contributed by atoms with E-state index in [0.717, 1.165) is 5.69 Å². The van der Waals surface area contributed by atoms with Gasteiger partial charge in [0.25, 0.3) is 0 Å². The molecule has 1 heterocycles. The van der Waals surface area contributed by atoms with Crippen molar-refractivity contribution >= 4 is 11.8 Å². The molecule has 6 heteroatoms. The first-order valence-electron chi connectivity index (χ1n) is 7.29. The van der Waals surface area contributed by atoms with Crippen molar-refractivity contribution in [2.24, 2.45) is 0 Å². The van der Waals surface area contributed by atoms with Gasteiger partial charge >= 0.3 is 6.09 Å². The van der Waals surface area contributed by atoms with Crippen LogP contribution in [0.4, 0.5) is 10.5 Å². The highest BCUT2D eigenvalue weighted by molar-refractivity contribution is 5.70. The van der Waals surface area contributed by atoms with E-state index in [1.807, 2.05) is 39.0 Å². The molecule has 0 spiro atoms. The summed E-state index contributed by atoms with van der Waals surface area (Å²) < 4.78 is 15.8. The van der Waals surface area contributed by atoms with Gasteiger partial charge in [0.05, 0.1) is 20.3 Å². The standard InChI is InChI=1S/C16H24N2O4/c1-16(2,3)22-15(19)18-9-12(10-18)17-11-6-7-13(20-4)14(8-11)21-5/h6-8,12,17H,9-10H2,1-5H3. The van der Waals surface area contributed by atoms with Crippen LogP contribution in [0, 0.1) is 0 Å². The minimum absolute atomic E-state index is 0.214. The number of anilines is 1. The molecule has 0 unspecified atom stereocenters. The van der Waals surface area contributed by atoms with Crippen molar-refractivity contribution < 1.29 is 19.0 Å². The molecule has 1 fully saturated rings. The van der Waals surface area contributed by atoms with E-state index in [-0.39, 0.29) is 12.1 Å². The number of hydrogen-bond donors (Lipinski definition) is 1. The maximum Gasteiger partial charge on any atom is 0.410 e. The molecule has 1 amide bonds. The average molecular weight is 308 g/mol. The number of nitrogens with one attached hydrogen (secondary N) is 1. The van der Waals surface area contributed by atoms with Crippen molar-refractivity contribution in [3.8, 4) is 11.5 Å². The van der Waals surface area contributed by atoms with Crippen LogP contribution in [-0.4, -0.2) is 49.9 Å². The lowest BCUT2D eigenvalue weighted by Gasteiger charge is -2.40. The molecule has 122 valence electrons. The predicted molar refractivity (Wildman–Crippen MR) is 84.8 cm³/mol. The second-order valence-electron chi connectivity index (χ2n) is 6.30. The monoisotopic (exact) mass is 308 g/mol. The second-order valence-corrected chi connectivity index (χ2v) is 6.30. The van der Waals surface area contributed by atoms with Crippen molar-refractivity contribution in [2.75, 3.05) is 32.6 Å². The number of rotatable bonds is 4. The van der Waals surface area contributed by atoms with Gasteiger partial charge in [-0.15, -0.1) is 0 Å². The zero-order chi connectivity index (χ0) is 16.3. The molecule has 2 rings (SSSR count). The fourth-order valence-corrected chi connectivity index (χ4v) is 2.21. The van der Waals surface area contributed by atoms with E-state index >= 15 is 0 Å². The Morgan fingerprint density at radius 1 is 1.18 bits per heavy atom. The number of nitrogens with zero attached hydrogens (tertiary/aromatic N) is 1.